The number of amides is 1. The molecular weight excluding hydrogens is 432 g/mol. The molecule has 0 radical (unpaired) electrons. The van der Waals surface area contributed by atoms with Crippen LogP contribution in [0.3, 0.4) is 0 Å². The first kappa shape index (κ1) is 26.9. The van der Waals surface area contributed by atoms with E-state index in [1.165, 1.54) is 31.1 Å². The summed E-state index contributed by atoms with van der Waals surface area (Å²) >= 11 is 1.47. The molecule has 3 rings (SSSR count). The van der Waals surface area contributed by atoms with Crippen LogP contribution >= 0.6 is 11.3 Å². The van der Waals surface area contributed by atoms with Gasteiger partial charge < -0.3 is 10.1 Å². The van der Waals surface area contributed by atoms with Gasteiger partial charge in [-0.2, -0.15) is 0 Å². The molecule has 3 aromatic rings. The van der Waals surface area contributed by atoms with E-state index >= 15 is 0 Å². The molecule has 0 saturated heterocycles. The summed E-state index contributed by atoms with van der Waals surface area (Å²) in [6, 6.07) is 8.03. The van der Waals surface area contributed by atoms with E-state index < -0.39 is 0 Å². The number of ether oxygens (including phenoxy) is 1. The Kier molecular flexibility index (Phi) is 12.0. The van der Waals surface area contributed by atoms with Crippen LogP contribution < -0.4 is 5.32 Å². The van der Waals surface area contributed by atoms with Crippen molar-refractivity contribution in [2.24, 2.45) is 0 Å². The lowest BCUT2D eigenvalue weighted by Gasteiger charge is -2.13. The molecule has 2 heterocycles. The Balaban J connectivity index is 0.000000479. The molecule has 0 aliphatic rings. The number of benzene rings is 1. The van der Waals surface area contributed by atoms with Crippen LogP contribution in [-0.2, 0) is 9.53 Å². The minimum Gasteiger partial charge on any atom is -0.381 e. The molecule has 180 valence electrons. The fraction of sp³-hybridized carbons (Fsp3) is 0.538. The molecule has 1 aromatic carbocycles. The van der Waals surface area contributed by atoms with E-state index in [0.29, 0.717) is 11.0 Å². The average molecular weight is 471 g/mol. The van der Waals surface area contributed by atoms with Gasteiger partial charge in [0.2, 0.25) is 5.91 Å². The van der Waals surface area contributed by atoms with Gasteiger partial charge in [0.1, 0.15) is 5.82 Å². The molecule has 0 bridgehead atoms. The number of nitrogens with zero attached hydrogens (tertiary/aromatic N) is 3. The highest BCUT2D eigenvalue weighted by atomic mass is 32.1. The molecule has 33 heavy (non-hydrogen) atoms. The molecule has 1 atom stereocenters. The van der Waals surface area contributed by atoms with Gasteiger partial charge in [-0.15, -0.1) is 0 Å². The summed E-state index contributed by atoms with van der Waals surface area (Å²) in [4.78, 5) is 25.0. The molecule has 7 heteroatoms. The van der Waals surface area contributed by atoms with E-state index in [0.717, 1.165) is 66.2 Å². The third-order valence-electron chi connectivity index (χ3n) is 5.10. The lowest BCUT2D eigenvalue weighted by Crippen LogP contribution is -2.04. The van der Waals surface area contributed by atoms with Crippen molar-refractivity contribution in [2.75, 3.05) is 18.5 Å². The van der Waals surface area contributed by atoms with Crippen molar-refractivity contribution in [2.45, 2.75) is 79.1 Å². The van der Waals surface area contributed by atoms with E-state index in [1.807, 2.05) is 24.4 Å². The van der Waals surface area contributed by atoms with Crippen molar-refractivity contribution in [3.63, 3.8) is 0 Å². The third-order valence-corrected chi connectivity index (χ3v) is 6.04. The van der Waals surface area contributed by atoms with Gasteiger partial charge in [0.15, 0.2) is 5.13 Å². The van der Waals surface area contributed by atoms with Crippen molar-refractivity contribution in [3.05, 3.63) is 36.3 Å². The first-order valence-electron chi connectivity index (χ1n) is 12.1. The zero-order valence-electron chi connectivity index (χ0n) is 20.7. The molecular formula is C26H38N4O2S. The number of carbonyl (C=O) groups is 1. The number of thiazole rings is 1. The molecule has 0 spiro atoms. The summed E-state index contributed by atoms with van der Waals surface area (Å²) in [6.45, 7) is 12.0. The number of nitrogens with one attached hydrogen (secondary N) is 1. The first-order chi connectivity index (χ1) is 16.0. The lowest BCUT2D eigenvalue weighted by molar-refractivity contribution is -0.114. The molecule has 0 aliphatic heterocycles. The topological polar surface area (TPSA) is 77.0 Å². The minimum atomic E-state index is -0.109. The molecule has 1 unspecified atom stereocenters. The van der Waals surface area contributed by atoms with Gasteiger partial charge in [-0.05, 0) is 43.9 Å². The van der Waals surface area contributed by atoms with Gasteiger partial charge >= 0.3 is 0 Å². The van der Waals surface area contributed by atoms with Crippen LogP contribution in [0.2, 0.25) is 0 Å². The number of unbranched alkanes of at least 4 members (excludes halogenated alkanes) is 1. The Morgan fingerprint density at radius 3 is 2.45 bits per heavy atom. The van der Waals surface area contributed by atoms with Gasteiger partial charge in [-0.3, -0.25) is 4.79 Å². The quantitative estimate of drug-likeness (QED) is 0.299. The smallest absolute Gasteiger partial charge is 0.223 e. The van der Waals surface area contributed by atoms with Crippen LogP contribution in [-0.4, -0.2) is 34.1 Å². The van der Waals surface area contributed by atoms with Gasteiger partial charge in [0.25, 0.3) is 0 Å². The number of hydrogen-bond donors (Lipinski definition) is 1. The number of fused-ring (bicyclic) bond motifs is 1. The maximum atomic E-state index is 11.2. The molecule has 1 amide bonds. The van der Waals surface area contributed by atoms with Gasteiger partial charge in [0, 0.05) is 37.8 Å². The fourth-order valence-electron chi connectivity index (χ4n) is 3.38. The highest BCUT2D eigenvalue weighted by molar-refractivity contribution is 7.22. The van der Waals surface area contributed by atoms with Crippen molar-refractivity contribution >= 4 is 32.6 Å². The normalized spacial score (nSPS) is 11.7. The van der Waals surface area contributed by atoms with Crippen molar-refractivity contribution < 1.29 is 9.53 Å². The minimum absolute atomic E-state index is 0.109. The number of rotatable bonds is 11. The summed E-state index contributed by atoms with van der Waals surface area (Å²) in [6.07, 6.45) is 8.70. The number of hydrogen-bond acceptors (Lipinski definition) is 6. The fourth-order valence-corrected chi connectivity index (χ4v) is 4.33. The first-order valence-corrected chi connectivity index (χ1v) is 12.9. The van der Waals surface area contributed by atoms with E-state index in [4.69, 9.17) is 9.72 Å². The second kappa shape index (κ2) is 14.7. The van der Waals surface area contributed by atoms with Crippen molar-refractivity contribution in [1.29, 1.82) is 0 Å². The Morgan fingerprint density at radius 2 is 1.82 bits per heavy atom. The van der Waals surface area contributed by atoms with E-state index in [9.17, 15) is 4.79 Å². The second-order valence-electron chi connectivity index (χ2n) is 8.04. The lowest BCUT2D eigenvalue weighted by atomic mass is 9.98. The summed E-state index contributed by atoms with van der Waals surface area (Å²) < 4.78 is 6.16. The summed E-state index contributed by atoms with van der Waals surface area (Å²) in [5.41, 5.74) is 2.86. The monoisotopic (exact) mass is 470 g/mol. The summed E-state index contributed by atoms with van der Waals surface area (Å²) in [5, 5.41) is 3.37. The number of aromatic nitrogens is 3. The predicted molar refractivity (Wildman–Crippen MR) is 139 cm³/mol. The van der Waals surface area contributed by atoms with Gasteiger partial charge in [-0.1, -0.05) is 57.9 Å². The number of carbonyl (C=O) groups excluding carboxylic acids is 1. The summed E-state index contributed by atoms with van der Waals surface area (Å²) in [5.74, 6) is 1.23. The standard InChI is InChI=1S/C20H24N4OS.C6H14O/c1-4-6-7-14(5-2)19-21-11-10-16(23-19)15-8-9-17-18(12-15)26-20(24-17)22-13(3)25;1-3-5-7-6-4-2/h8-12,14H,4-7H2,1-3H3,(H,22,24,25);3-6H2,1-2H3. The van der Waals surface area contributed by atoms with Crippen LogP contribution in [0.25, 0.3) is 21.5 Å². The van der Waals surface area contributed by atoms with Crippen molar-refractivity contribution in [1.82, 2.24) is 15.0 Å². The molecule has 0 fully saturated rings. The highest BCUT2D eigenvalue weighted by Crippen LogP contribution is 2.31. The zero-order valence-corrected chi connectivity index (χ0v) is 21.5. The molecule has 0 aliphatic carbocycles. The maximum Gasteiger partial charge on any atom is 0.223 e. The Hall–Kier alpha value is -2.38. The molecule has 2 aromatic heterocycles. The van der Waals surface area contributed by atoms with Crippen LogP contribution in [0.1, 0.15) is 84.9 Å². The summed E-state index contributed by atoms with van der Waals surface area (Å²) in [7, 11) is 0. The molecule has 1 N–H and O–H groups in total. The SMILES string of the molecule is CCCCC(CC)c1nccc(-c2ccc3nc(NC(C)=O)sc3c2)n1.CCCOCCC. The largest absolute Gasteiger partial charge is 0.381 e. The van der Waals surface area contributed by atoms with Crippen LogP contribution in [0, 0.1) is 0 Å². The van der Waals surface area contributed by atoms with E-state index in [-0.39, 0.29) is 5.91 Å². The third kappa shape index (κ3) is 8.82. The van der Waals surface area contributed by atoms with Gasteiger partial charge in [-0.25, -0.2) is 15.0 Å². The van der Waals surface area contributed by atoms with E-state index in [2.05, 4.69) is 49.0 Å². The van der Waals surface area contributed by atoms with Crippen LogP contribution in [0.4, 0.5) is 5.13 Å². The van der Waals surface area contributed by atoms with Crippen LogP contribution in [0.15, 0.2) is 30.5 Å². The highest BCUT2D eigenvalue weighted by Gasteiger charge is 2.14. The van der Waals surface area contributed by atoms with Crippen molar-refractivity contribution in [3.8, 4) is 11.3 Å². The molecule has 0 saturated carbocycles. The maximum absolute atomic E-state index is 11.2. The van der Waals surface area contributed by atoms with E-state index in [1.54, 1.807) is 0 Å². The Bertz CT molecular complexity index is 985. The zero-order chi connectivity index (χ0) is 24.1. The Labute approximate surface area is 202 Å². The Morgan fingerprint density at radius 1 is 1.06 bits per heavy atom. The van der Waals surface area contributed by atoms with Crippen LogP contribution in [0.5, 0.6) is 0 Å². The second-order valence-corrected chi connectivity index (χ2v) is 9.07. The molecule has 6 nitrogen and oxygen atoms in total. The average Bonchev–Trinajstić information content (AvgIpc) is 3.21. The number of anilines is 1. The predicted octanol–water partition coefficient (Wildman–Crippen LogP) is 7.22. The van der Waals surface area contributed by atoms with Gasteiger partial charge in [0.05, 0.1) is 15.9 Å².